The number of rotatable bonds is 8. The molecule has 1 saturated heterocycles. The highest BCUT2D eigenvalue weighted by atomic mass is 16.1. The fourth-order valence-corrected chi connectivity index (χ4v) is 5.69. The molecule has 1 amide bonds. The molecule has 0 radical (unpaired) electrons. The fraction of sp³-hybridized carbons (Fsp3) is 0.750. The number of amides is 1. The predicted molar refractivity (Wildman–Crippen MR) is 116 cm³/mol. The summed E-state index contributed by atoms with van der Waals surface area (Å²) in [7, 11) is 0. The van der Waals surface area contributed by atoms with Crippen molar-refractivity contribution in [2.45, 2.75) is 65.8 Å². The fourth-order valence-electron chi connectivity index (χ4n) is 5.69. The van der Waals surface area contributed by atoms with Gasteiger partial charge in [0.05, 0.1) is 0 Å². The summed E-state index contributed by atoms with van der Waals surface area (Å²) in [6.07, 6.45) is 12.9. The van der Waals surface area contributed by atoms with Crippen LogP contribution in [0.1, 0.15) is 58.7 Å². The van der Waals surface area contributed by atoms with Crippen molar-refractivity contribution >= 4 is 5.91 Å². The number of fused-ring (bicyclic) bond motifs is 1. The van der Waals surface area contributed by atoms with E-state index in [2.05, 4.69) is 46.6 Å². The highest BCUT2D eigenvalue weighted by Crippen LogP contribution is 2.59. The largest absolute Gasteiger partial charge is 0.356 e. The second-order valence-electron chi connectivity index (χ2n) is 9.99. The van der Waals surface area contributed by atoms with Crippen molar-refractivity contribution in [3.8, 4) is 0 Å². The van der Waals surface area contributed by atoms with E-state index in [0.717, 1.165) is 37.2 Å². The summed E-state index contributed by atoms with van der Waals surface area (Å²) in [5.41, 5.74) is 2.23. The Kier molecular flexibility index (Phi) is 6.14. The van der Waals surface area contributed by atoms with Crippen LogP contribution in [0.4, 0.5) is 0 Å². The van der Waals surface area contributed by atoms with E-state index in [-0.39, 0.29) is 5.91 Å². The van der Waals surface area contributed by atoms with Crippen LogP contribution in [0, 0.1) is 23.2 Å². The van der Waals surface area contributed by atoms with Crippen molar-refractivity contribution < 1.29 is 4.79 Å². The number of imidazole rings is 1. The number of carbonyl (C=O) groups is 1. The van der Waals surface area contributed by atoms with Gasteiger partial charge in [-0.2, -0.15) is 0 Å². The average molecular weight is 399 g/mol. The van der Waals surface area contributed by atoms with Gasteiger partial charge in [-0.1, -0.05) is 32.4 Å². The number of aromatic nitrogens is 2. The lowest BCUT2D eigenvalue weighted by molar-refractivity contribution is -0.121. The number of nitrogens with zero attached hydrogens (tertiary/aromatic N) is 3. The molecule has 2 heterocycles. The molecular weight excluding hydrogens is 360 g/mol. The molecule has 2 fully saturated rings. The number of nitrogens with one attached hydrogen (secondary N) is 1. The molecular formula is C24H38N4O. The number of aryl methyl sites for hydroxylation is 2. The first kappa shape index (κ1) is 20.6. The van der Waals surface area contributed by atoms with Gasteiger partial charge in [0.25, 0.3) is 0 Å². The second kappa shape index (κ2) is 8.63. The van der Waals surface area contributed by atoms with E-state index in [9.17, 15) is 4.79 Å². The summed E-state index contributed by atoms with van der Waals surface area (Å²) in [5, 5.41) is 3.17. The molecule has 29 heavy (non-hydrogen) atoms. The van der Waals surface area contributed by atoms with E-state index < -0.39 is 0 Å². The first-order valence-corrected chi connectivity index (χ1v) is 11.6. The molecule has 5 rings (SSSR count). The second-order valence-corrected chi connectivity index (χ2v) is 9.99. The van der Waals surface area contributed by atoms with Gasteiger partial charge in [-0.3, -0.25) is 9.69 Å². The molecule has 2 atom stereocenters. The molecule has 1 N–H and O–H groups in total. The number of allylic oxidation sites excluding steroid dienone is 1. The third kappa shape index (κ3) is 4.45. The van der Waals surface area contributed by atoms with Crippen LogP contribution >= 0.6 is 0 Å². The normalized spacial score (nSPS) is 26.7. The number of likely N-dealkylation sites (tertiary alicyclic amines) is 1. The van der Waals surface area contributed by atoms with Gasteiger partial charge in [-0.05, 0) is 61.9 Å². The SMILES string of the molecule is CCc1nccn1CCC(=O)NCC1CCN(CC2=CC[C@H]3C[C@@H]2C3(C)C)CC1. The Hall–Kier alpha value is -1.62. The van der Waals surface area contributed by atoms with E-state index in [0.29, 0.717) is 17.8 Å². The van der Waals surface area contributed by atoms with Crippen molar-refractivity contribution in [2.24, 2.45) is 23.2 Å². The van der Waals surface area contributed by atoms with Crippen molar-refractivity contribution in [3.05, 3.63) is 29.9 Å². The van der Waals surface area contributed by atoms with Gasteiger partial charge < -0.3 is 9.88 Å². The minimum atomic E-state index is 0.164. The van der Waals surface area contributed by atoms with E-state index >= 15 is 0 Å². The summed E-state index contributed by atoms with van der Waals surface area (Å²) in [6, 6.07) is 0. The van der Waals surface area contributed by atoms with Crippen molar-refractivity contribution in [1.82, 2.24) is 19.8 Å². The lowest BCUT2D eigenvalue weighted by Crippen LogP contribution is -2.50. The standard InChI is InChI=1S/C24H38N4O/c1-4-22-25-10-14-28(22)13-9-23(29)26-16-18-7-11-27(12-8-18)17-19-5-6-20-15-21(19)24(20,2)3/h5,10,14,18,20-21H,4,6-9,11-13,15-17H2,1-3H3,(H,26,29)/t20-,21-/m0/s1. The Labute approximate surface area is 175 Å². The Morgan fingerprint density at radius 1 is 1.31 bits per heavy atom. The minimum absolute atomic E-state index is 0.164. The van der Waals surface area contributed by atoms with Gasteiger partial charge in [0.15, 0.2) is 0 Å². The van der Waals surface area contributed by atoms with Crippen LogP contribution in [-0.2, 0) is 17.8 Å². The van der Waals surface area contributed by atoms with Gasteiger partial charge in [-0.15, -0.1) is 0 Å². The molecule has 3 aliphatic carbocycles. The number of hydrogen-bond donors (Lipinski definition) is 1. The lowest BCUT2D eigenvalue weighted by Gasteiger charge is -2.57. The molecule has 0 aromatic carbocycles. The predicted octanol–water partition coefficient (Wildman–Crippen LogP) is 3.66. The van der Waals surface area contributed by atoms with E-state index in [4.69, 9.17) is 0 Å². The van der Waals surface area contributed by atoms with Gasteiger partial charge in [0, 0.05) is 44.9 Å². The molecule has 1 saturated carbocycles. The maximum Gasteiger partial charge on any atom is 0.221 e. The quantitative estimate of drug-likeness (QED) is 0.680. The molecule has 2 bridgehead atoms. The molecule has 1 aliphatic heterocycles. The van der Waals surface area contributed by atoms with Crippen LogP contribution in [0.5, 0.6) is 0 Å². The van der Waals surface area contributed by atoms with Crippen LogP contribution in [-0.4, -0.2) is 46.5 Å². The molecule has 160 valence electrons. The molecule has 0 unspecified atom stereocenters. The summed E-state index contributed by atoms with van der Waals surface area (Å²) in [6.45, 7) is 12.1. The Balaban J connectivity index is 1.14. The monoisotopic (exact) mass is 398 g/mol. The average Bonchev–Trinajstić information content (AvgIpc) is 3.19. The van der Waals surface area contributed by atoms with Crippen LogP contribution in [0.3, 0.4) is 0 Å². The number of piperidine rings is 1. The van der Waals surface area contributed by atoms with Crippen LogP contribution in [0.25, 0.3) is 0 Å². The highest BCUT2D eigenvalue weighted by molar-refractivity contribution is 5.75. The topological polar surface area (TPSA) is 50.2 Å². The van der Waals surface area contributed by atoms with Crippen LogP contribution in [0.2, 0.25) is 0 Å². The maximum absolute atomic E-state index is 12.2. The number of hydrogen-bond acceptors (Lipinski definition) is 3. The van der Waals surface area contributed by atoms with E-state index in [1.807, 2.05) is 12.4 Å². The maximum atomic E-state index is 12.2. The van der Waals surface area contributed by atoms with Crippen LogP contribution < -0.4 is 5.32 Å². The van der Waals surface area contributed by atoms with Crippen molar-refractivity contribution in [1.29, 1.82) is 0 Å². The summed E-state index contributed by atoms with van der Waals surface area (Å²) >= 11 is 0. The molecule has 0 spiro atoms. The third-order valence-corrected chi connectivity index (χ3v) is 7.98. The molecule has 5 nitrogen and oxygen atoms in total. The first-order chi connectivity index (χ1) is 14.0. The molecule has 4 aliphatic rings. The zero-order valence-electron chi connectivity index (χ0n) is 18.5. The molecule has 1 aromatic rings. The number of carbonyl (C=O) groups excluding carboxylic acids is 1. The molecule has 1 aromatic heterocycles. The Bertz CT molecular complexity index is 742. The van der Waals surface area contributed by atoms with E-state index in [1.165, 1.54) is 45.3 Å². The summed E-state index contributed by atoms with van der Waals surface area (Å²) in [5.74, 6) is 3.59. The Morgan fingerprint density at radius 2 is 2.10 bits per heavy atom. The highest BCUT2D eigenvalue weighted by Gasteiger charge is 2.51. The third-order valence-electron chi connectivity index (χ3n) is 7.98. The van der Waals surface area contributed by atoms with E-state index in [1.54, 1.807) is 5.57 Å². The van der Waals surface area contributed by atoms with Gasteiger partial charge in [0.1, 0.15) is 5.82 Å². The first-order valence-electron chi connectivity index (χ1n) is 11.6. The summed E-state index contributed by atoms with van der Waals surface area (Å²) in [4.78, 5) is 19.2. The zero-order valence-corrected chi connectivity index (χ0v) is 18.5. The minimum Gasteiger partial charge on any atom is -0.356 e. The van der Waals surface area contributed by atoms with Gasteiger partial charge >= 0.3 is 0 Å². The Morgan fingerprint density at radius 3 is 2.79 bits per heavy atom. The van der Waals surface area contributed by atoms with Crippen molar-refractivity contribution in [2.75, 3.05) is 26.2 Å². The van der Waals surface area contributed by atoms with Gasteiger partial charge in [0.2, 0.25) is 5.91 Å². The smallest absolute Gasteiger partial charge is 0.221 e. The van der Waals surface area contributed by atoms with Crippen molar-refractivity contribution in [3.63, 3.8) is 0 Å². The van der Waals surface area contributed by atoms with Crippen LogP contribution in [0.15, 0.2) is 24.0 Å². The molecule has 5 heteroatoms. The zero-order chi connectivity index (χ0) is 20.4. The lowest BCUT2D eigenvalue weighted by atomic mass is 9.49. The van der Waals surface area contributed by atoms with Gasteiger partial charge in [-0.25, -0.2) is 4.98 Å². The summed E-state index contributed by atoms with van der Waals surface area (Å²) < 4.78 is 2.09.